The summed E-state index contributed by atoms with van der Waals surface area (Å²) in [5.74, 6) is -0.0718. The Bertz CT molecular complexity index is 219. The molecule has 94 valence electrons. The molecule has 0 aromatic heterocycles. The molecule has 0 amide bonds. The molecule has 1 aliphatic heterocycles. The van der Waals surface area contributed by atoms with Crippen LogP contribution in [-0.2, 0) is 4.79 Å². The SMILES string of the molecule is CN(C)CCN1CCCC(CCC(=O)O)C1. The molecule has 1 aliphatic rings. The van der Waals surface area contributed by atoms with E-state index in [1.165, 1.54) is 19.4 Å². The normalized spacial score (nSPS) is 22.6. The molecule has 1 rings (SSSR count). The zero-order valence-electron chi connectivity index (χ0n) is 10.5. The Morgan fingerprint density at radius 1 is 1.50 bits per heavy atom. The molecule has 1 unspecified atom stereocenters. The van der Waals surface area contributed by atoms with Crippen molar-refractivity contribution in [2.75, 3.05) is 40.3 Å². The number of aliphatic carboxylic acids is 1. The topological polar surface area (TPSA) is 43.8 Å². The van der Waals surface area contributed by atoms with Gasteiger partial charge in [0.1, 0.15) is 0 Å². The number of likely N-dealkylation sites (tertiary alicyclic amines) is 1. The third kappa shape index (κ3) is 5.47. The standard InChI is InChI=1S/C12H24N2O2/c1-13(2)8-9-14-7-3-4-11(10-14)5-6-12(15)16/h11H,3-10H2,1-2H3,(H,15,16). The lowest BCUT2D eigenvalue weighted by Crippen LogP contribution is -2.39. The zero-order valence-corrected chi connectivity index (χ0v) is 10.5. The number of carbonyl (C=O) groups is 1. The van der Waals surface area contributed by atoms with Gasteiger partial charge in [-0.3, -0.25) is 4.79 Å². The third-order valence-electron chi connectivity index (χ3n) is 3.23. The van der Waals surface area contributed by atoms with Crippen molar-refractivity contribution in [2.45, 2.75) is 25.7 Å². The monoisotopic (exact) mass is 228 g/mol. The Kier molecular flexibility index (Phi) is 5.77. The molecule has 1 heterocycles. The van der Waals surface area contributed by atoms with Crippen LogP contribution in [0.5, 0.6) is 0 Å². The lowest BCUT2D eigenvalue weighted by molar-refractivity contribution is -0.137. The number of likely N-dealkylation sites (N-methyl/N-ethyl adjacent to an activating group) is 1. The van der Waals surface area contributed by atoms with Crippen molar-refractivity contribution in [3.05, 3.63) is 0 Å². The van der Waals surface area contributed by atoms with Crippen LogP contribution in [0.3, 0.4) is 0 Å². The number of nitrogens with zero attached hydrogens (tertiary/aromatic N) is 2. The van der Waals surface area contributed by atoms with Crippen LogP contribution in [0.2, 0.25) is 0 Å². The molecule has 1 N–H and O–H groups in total. The Balaban J connectivity index is 2.21. The molecule has 0 aromatic rings. The van der Waals surface area contributed by atoms with Crippen LogP contribution in [0.15, 0.2) is 0 Å². The molecule has 0 saturated carbocycles. The predicted octanol–water partition coefficient (Wildman–Crippen LogP) is 1.12. The first-order chi connectivity index (χ1) is 7.58. The average molecular weight is 228 g/mol. The number of piperidine rings is 1. The highest BCUT2D eigenvalue weighted by Crippen LogP contribution is 2.20. The zero-order chi connectivity index (χ0) is 12.0. The third-order valence-corrected chi connectivity index (χ3v) is 3.23. The molecule has 1 saturated heterocycles. The van der Waals surface area contributed by atoms with E-state index in [2.05, 4.69) is 23.9 Å². The fraction of sp³-hybridized carbons (Fsp3) is 0.917. The lowest BCUT2D eigenvalue weighted by Gasteiger charge is -2.33. The van der Waals surface area contributed by atoms with Gasteiger partial charge in [0.15, 0.2) is 0 Å². The molecule has 0 radical (unpaired) electrons. The summed E-state index contributed by atoms with van der Waals surface area (Å²) in [5.41, 5.74) is 0. The van der Waals surface area contributed by atoms with E-state index in [-0.39, 0.29) is 0 Å². The Hall–Kier alpha value is -0.610. The van der Waals surface area contributed by atoms with E-state index in [1.807, 2.05) is 0 Å². The summed E-state index contributed by atoms with van der Waals surface area (Å²) in [6.45, 7) is 4.46. The van der Waals surface area contributed by atoms with Gasteiger partial charge < -0.3 is 14.9 Å². The van der Waals surface area contributed by atoms with Gasteiger partial charge in [-0.2, -0.15) is 0 Å². The van der Waals surface area contributed by atoms with Crippen LogP contribution >= 0.6 is 0 Å². The Morgan fingerprint density at radius 2 is 2.25 bits per heavy atom. The molecule has 1 atom stereocenters. The highest BCUT2D eigenvalue weighted by Gasteiger charge is 2.20. The highest BCUT2D eigenvalue weighted by molar-refractivity contribution is 5.66. The minimum Gasteiger partial charge on any atom is -0.481 e. The van der Waals surface area contributed by atoms with Gasteiger partial charge in [0.25, 0.3) is 0 Å². The van der Waals surface area contributed by atoms with Gasteiger partial charge in [-0.1, -0.05) is 0 Å². The van der Waals surface area contributed by atoms with E-state index in [9.17, 15) is 4.79 Å². The van der Waals surface area contributed by atoms with Gasteiger partial charge in [0.2, 0.25) is 0 Å². The maximum absolute atomic E-state index is 10.5. The minimum atomic E-state index is -0.662. The van der Waals surface area contributed by atoms with Crippen LogP contribution in [0, 0.1) is 5.92 Å². The summed E-state index contributed by atoms with van der Waals surface area (Å²) < 4.78 is 0. The van der Waals surface area contributed by atoms with Crippen LogP contribution in [-0.4, -0.2) is 61.2 Å². The fourth-order valence-electron chi connectivity index (χ4n) is 2.26. The van der Waals surface area contributed by atoms with Gasteiger partial charge in [0.05, 0.1) is 0 Å². The van der Waals surface area contributed by atoms with Crippen molar-refractivity contribution in [1.29, 1.82) is 0 Å². The first-order valence-electron chi connectivity index (χ1n) is 6.17. The Morgan fingerprint density at radius 3 is 2.88 bits per heavy atom. The summed E-state index contributed by atoms with van der Waals surface area (Å²) in [6, 6.07) is 0. The van der Waals surface area contributed by atoms with Gasteiger partial charge >= 0.3 is 5.97 Å². The summed E-state index contributed by atoms with van der Waals surface area (Å²) >= 11 is 0. The number of carboxylic acids is 1. The van der Waals surface area contributed by atoms with Crippen LogP contribution in [0.1, 0.15) is 25.7 Å². The molecule has 0 aliphatic carbocycles. The van der Waals surface area contributed by atoms with Crippen molar-refractivity contribution in [1.82, 2.24) is 9.80 Å². The number of hydrogen-bond acceptors (Lipinski definition) is 3. The fourth-order valence-corrected chi connectivity index (χ4v) is 2.26. The molecule has 0 bridgehead atoms. The molecule has 0 spiro atoms. The molecule has 1 fully saturated rings. The quantitative estimate of drug-likeness (QED) is 0.740. The molecule has 0 aromatic carbocycles. The maximum Gasteiger partial charge on any atom is 0.303 e. The second-order valence-corrected chi connectivity index (χ2v) is 5.04. The molecule has 16 heavy (non-hydrogen) atoms. The molecule has 4 nitrogen and oxygen atoms in total. The van der Waals surface area contributed by atoms with E-state index in [0.29, 0.717) is 12.3 Å². The Labute approximate surface area is 98.2 Å². The van der Waals surface area contributed by atoms with E-state index < -0.39 is 5.97 Å². The van der Waals surface area contributed by atoms with Gasteiger partial charge in [-0.05, 0) is 45.8 Å². The van der Waals surface area contributed by atoms with E-state index in [4.69, 9.17) is 5.11 Å². The molecular formula is C12H24N2O2. The van der Waals surface area contributed by atoms with E-state index >= 15 is 0 Å². The smallest absolute Gasteiger partial charge is 0.303 e. The van der Waals surface area contributed by atoms with E-state index in [1.54, 1.807) is 0 Å². The van der Waals surface area contributed by atoms with Crippen molar-refractivity contribution < 1.29 is 9.90 Å². The number of rotatable bonds is 6. The van der Waals surface area contributed by atoms with Gasteiger partial charge in [-0.15, -0.1) is 0 Å². The summed E-state index contributed by atoms with van der Waals surface area (Å²) in [6.07, 6.45) is 3.59. The maximum atomic E-state index is 10.5. The van der Waals surface area contributed by atoms with Crippen molar-refractivity contribution >= 4 is 5.97 Å². The predicted molar refractivity (Wildman–Crippen MR) is 64.6 cm³/mol. The number of carboxylic acid groups (broad SMARTS) is 1. The van der Waals surface area contributed by atoms with Crippen molar-refractivity contribution in [3.63, 3.8) is 0 Å². The largest absolute Gasteiger partial charge is 0.481 e. The molecular weight excluding hydrogens is 204 g/mol. The first-order valence-corrected chi connectivity index (χ1v) is 6.17. The van der Waals surface area contributed by atoms with Gasteiger partial charge in [-0.25, -0.2) is 0 Å². The van der Waals surface area contributed by atoms with Crippen molar-refractivity contribution in [2.24, 2.45) is 5.92 Å². The summed E-state index contributed by atoms with van der Waals surface area (Å²) in [7, 11) is 4.18. The highest BCUT2D eigenvalue weighted by atomic mass is 16.4. The van der Waals surface area contributed by atoms with Crippen LogP contribution < -0.4 is 0 Å². The average Bonchev–Trinajstić information content (AvgIpc) is 2.24. The van der Waals surface area contributed by atoms with E-state index in [0.717, 1.165) is 26.1 Å². The van der Waals surface area contributed by atoms with Crippen LogP contribution in [0.4, 0.5) is 0 Å². The second kappa shape index (κ2) is 6.86. The number of hydrogen-bond donors (Lipinski definition) is 1. The van der Waals surface area contributed by atoms with Crippen molar-refractivity contribution in [3.8, 4) is 0 Å². The van der Waals surface area contributed by atoms with Crippen LogP contribution in [0.25, 0.3) is 0 Å². The summed E-state index contributed by atoms with van der Waals surface area (Å²) in [4.78, 5) is 15.2. The summed E-state index contributed by atoms with van der Waals surface area (Å²) in [5, 5.41) is 8.67. The first kappa shape index (κ1) is 13.5. The minimum absolute atomic E-state index is 0.326. The van der Waals surface area contributed by atoms with Gasteiger partial charge in [0, 0.05) is 26.1 Å². The lowest BCUT2D eigenvalue weighted by atomic mass is 9.93. The second-order valence-electron chi connectivity index (χ2n) is 5.04. The molecule has 4 heteroatoms.